The summed E-state index contributed by atoms with van der Waals surface area (Å²) in [6.45, 7) is 13.8. The van der Waals surface area contributed by atoms with Gasteiger partial charge >= 0.3 is 11.8 Å². The highest BCUT2D eigenvalue weighted by Crippen LogP contribution is 2.33. The van der Waals surface area contributed by atoms with Crippen molar-refractivity contribution in [3.05, 3.63) is 83.9 Å². The fourth-order valence-corrected chi connectivity index (χ4v) is 5.34. The zero-order chi connectivity index (χ0) is 29.4. The Morgan fingerprint density at radius 3 is 2.52 bits per heavy atom. The molecule has 1 aromatic carbocycles. The second-order valence-electron chi connectivity index (χ2n) is 11.9. The van der Waals surface area contributed by atoms with Crippen LogP contribution in [0, 0.1) is 6.92 Å². The molecule has 1 atom stereocenters. The number of piperazine rings is 1. The summed E-state index contributed by atoms with van der Waals surface area (Å²) in [6.07, 6.45) is 5.80. The van der Waals surface area contributed by atoms with Crippen LogP contribution < -0.4 is 15.5 Å². The fraction of sp³-hybridized carbons (Fsp3) is 0.344. The Morgan fingerprint density at radius 2 is 1.83 bits per heavy atom. The van der Waals surface area contributed by atoms with E-state index in [0.29, 0.717) is 5.82 Å². The number of fused-ring (bicyclic) bond motifs is 1. The minimum atomic E-state index is -0.390. The molecule has 0 aliphatic carbocycles. The van der Waals surface area contributed by atoms with Crippen molar-refractivity contribution in [2.24, 2.45) is 0 Å². The van der Waals surface area contributed by atoms with Gasteiger partial charge in [-0.15, -0.1) is 0 Å². The van der Waals surface area contributed by atoms with Crippen LogP contribution in [0.5, 0.6) is 0 Å². The third-order valence-electron chi connectivity index (χ3n) is 7.72. The molecule has 1 amide bonds. The molecule has 5 aromatic rings. The maximum atomic E-state index is 12.8. The molecule has 1 fully saturated rings. The first-order chi connectivity index (χ1) is 20.2. The Labute approximate surface area is 245 Å². The summed E-state index contributed by atoms with van der Waals surface area (Å²) in [5, 5.41) is 14.9. The van der Waals surface area contributed by atoms with Gasteiger partial charge in [0.1, 0.15) is 5.82 Å². The molecular weight excluding hydrogens is 528 g/mol. The third kappa shape index (κ3) is 5.49. The van der Waals surface area contributed by atoms with Crippen LogP contribution in [0.15, 0.2) is 65.6 Å². The number of hydrogen-bond acceptors (Lipinski definition) is 8. The fourth-order valence-electron chi connectivity index (χ4n) is 5.34. The number of rotatable bonds is 6. The molecule has 216 valence electrons. The number of anilines is 1. The van der Waals surface area contributed by atoms with Crippen LogP contribution in [0.1, 0.15) is 61.4 Å². The monoisotopic (exact) mass is 564 g/mol. The van der Waals surface area contributed by atoms with Crippen LogP contribution in [0.3, 0.4) is 0 Å². The van der Waals surface area contributed by atoms with Crippen LogP contribution in [-0.2, 0) is 5.41 Å². The highest BCUT2D eigenvalue weighted by molar-refractivity contribution is 5.90. The molecular formula is C32H36N8O2. The van der Waals surface area contributed by atoms with E-state index in [0.717, 1.165) is 70.9 Å². The molecule has 0 radical (unpaired) electrons. The first-order valence-corrected chi connectivity index (χ1v) is 14.3. The molecule has 0 saturated carbocycles. The van der Waals surface area contributed by atoms with E-state index in [4.69, 9.17) is 9.51 Å². The Morgan fingerprint density at radius 1 is 1.05 bits per heavy atom. The van der Waals surface area contributed by atoms with Crippen molar-refractivity contribution in [1.82, 2.24) is 35.4 Å². The first kappa shape index (κ1) is 27.6. The van der Waals surface area contributed by atoms with E-state index < -0.39 is 0 Å². The SMILES string of the molecule is Cc1cc(-c2cc(-c3ccc(N4CCNCC4)nc3)cn3nccc23)ccc1[C@@H](C)NC(=O)c1nc(C(C)(C)C)no1. The maximum Gasteiger partial charge on any atom is 0.315 e. The summed E-state index contributed by atoms with van der Waals surface area (Å²) < 4.78 is 7.14. The quantitative estimate of drug-likeness (QED) is 0.298. The number of nitrogens with zero attached hydrogens (tertiary/aromatic N) is 6. The van der Waals surface area contributed by atoms with Crippen molar-refractivity contribution in [2.45, 2.75) is 46.1 Å². The normalized spacial score (nSPS) is 14.7. The van der Waals surface area contributed by atoms with E-state index in [-0.39, 0.29) is 23.3 Å². The van der Waals surface area contributed by atoms with Gasteiger partial charge in [-0.1, -0.05) is 44.1 Å². The number of aromatic nitrogens is 5. The van der Waals surface area contributed by atoms with Crippen LogP contribution in [0.25, 0.3) is 27.8 Å². The Bertz CT molecular complexity index is 1730. The van der Waals surface area contributed by atoms with E-state index in [2.05, 4.69) is 74.1 Å². The predicted molar refractivity (Wildman–Crippen MR) is 163 cm³/mol. The van der Waals surface area contributed by atoms with E-state index in [1.54, 1.807) is 0 Å². The number of hydrogen-bond donors (Lipinski definition) is 2. The molecule has 1 aliphatic heterocycles. The lowest BCUT2D eigenvalue weighted by Crippen LogP contribution is -2.43. The van der Waals surface area contributed by atoms with Crippen LogP contribution in [-0.4, -0.2) is 56.8 Å². The molecule has 10 heteroatoms. The van der Waals surface area contributed by atoms with E-state index in [1.165, 1.54) is 0 Å². The van der Waals surface area contributed by atoms with Crippen molar-refractivity contribution in [3.63, 3.8) is 0 Å². The van der Waals surface area contributed by atoms with Gasteiger partial charge in [0.15, 0.2) is 5.82 Å². The smallest absolute Gasteiger partial charge is 0.315 e. The molecule has 0 spiro atoms. The summed E-state index contributed by atoms with van der Waals surface area (Å²) in [5.74, 6) is 1.08. The van der Waals surface area contributed by atoms with Crippen molar-refractivity contribution in [1.29, 1.82) is 0 Å². The zero-order valence-electron chi connectivity index (χ0n) is 24.7. The topological polar surface area (TPSA) is 113 Å². The molecule has 1 aliphatic rings. The number of benzene rings is 1. The van der Waals surface area contributed by atoms with Gasteiger partial charge in [-0.2, -0.15) is 10.1 Å². The number of aryl methyl sites for hydroxylation is 1. The molecule has 5 heterocycles. The first-order valence-electron chi connectivity index (χ1n) is 14.3. The Hall–Kier alpha value is -4.57. The summed E-state index contributed by atoms with van der Waals surface area (Å²) >= 11 is 0. The van der Waals surface area contributed by atoms with Crippen molar-refractivity contribution >= 4 is 17.2 Å². The number of carbonyl (C=O) groups excluding carboxylic acids is 1. The van der Waals surface area contributed by atoms with Gasteiger partial charge in [0, 0.05) is 66.9 Å². The van der Waals surface area contributed by atoms with Gasteiger partial charge in [-0.05, 0) is 54.8 Å². The second-order valence-corrected chi connectivity index (χ2v) is 11.9. The van der Waals surface area contributed by atoms with Gasteiger partial charge in [0.05, 0.1) is 11.6 Å². The lowest BCUT2D eigenvalue weighted by atomic mass is 9.95. The van der Waals surface area contributed by atoms with Gasteiger partial charge in [-0.25, -0.2) is 9.50 Å². The predicted octanol–water partition coefficient (Wildman–Crippen LogP) is 4.95. The molecule has 1 saturated heterocycles. The molecule has 0 bridgehead atoms. The lowest BCUT2D eigenvalue weighted by molar-refractivity contribution is 0.0895. The van der Waals surface area contributed by atoms with Crippen LogP contribution in [0.4, 0.5) is 5.82 Å². The lowest BCUT2D eigenvalue weighted by Gasteiger charge is -2.28. The highest BCUT2D eigenvalue weighted by atomic mass is 16.5. The van der Waals surface area contributed by atoms with E-state index in [9.17, 15) is 4.79 Å². The Balaban J connectivity index is 1.25. The van der Waals surface area contributed by atoms with E-state index in [1.807, 2.05) is 56.9 Å². The molecule has 2 N–H and O–H groups in total. The molecule has 42 heavy (non-hydrogen) atoms. The second kappa shape index (κ2) is 11.0. The molecule has 0 unspecified atom stereocenters. The van der Waals surface area contributed by atoms with Crippen LogP contribution in [0.2, 0.25) is 0 Å². The standard InChI is InChI=1S/C32H36N8O2/c1-20-16-22(6-8-25(20)21(2)36-29(41)30-37-31(38-42-30)32(3,4)5)26-17-24(19-40-27(26)10-11-35-40)23-7-9-28(34-18-23)39-14-12-33-13-15-39/h6-11,16-19,21,33H,12-15H2,1-5H3,(H,36,41)/t21-/m1/s1. The Kier molecular flexibility index (Phi) is 7.24. The largest absolute Gasteiger partial charge is 0.354 e. The summed E-state index contributed by atoms with van der Waals surface area (Å²) in [7, 11) is 0. The highest BCUT2D eigenvalue weighted by Gasteiger charge is 2.25. The minimum Gasteiger partial charge on any atom is -0.354 e. The van der Waals surface area contributed by atoms with Crippen LogP contribution >= 0.6 is 0 Å². The minimum absolute atomic E-state index is 0.0311. The third-order valence-corrected chi connectivity index (χ3v) is 7.72. The van der Waals surface area contributed by atoms with Crippen molar-refractivity contribution < 1.29 is 9.32 Å². The molecule has 4 aromatic heterocycles. The maximum absolute atomic E-state index is 12.8. The zero-order valence-corrected chi connectivity index (χ0v) is 24.7. The van der Waals surface area contributed by atoms with Gasteiger partial charge in [0.25, 0.3) is 0 Å². The number of pyridine rings is 2. The molecule has 6 rings (SSSR count). The molecule has 10 nitrogen and oxygen atoms in total. The number of nitrogens with one attached hydrogen (secondary N) is 2. The average Bonchev–Trinajstić information content (AvgIpc) is 3.68. The van der Waals surface area contributed by atoms with E-state index >= 15 is 0 Å². The van der Waals surface area contributed by atoms with Gasteiger partial charge in [-0.3, -0.25) is 4.79 Å². The number of carbonyl (C=O) groups is 1. The van der Waals surface area contributed by atoms with Gasteiger partial charge in [0.2, 0.25) is 0 Å². The van der Waals surface area contributed by atoms with Gasteiger partial charge < -0.3 is 20.1 Å². The summed E-state index contributed by atoms with van der Waals surface area (Å²) in [6, 6.07) is 14.5. The van der Waals surface area contributed by atoms with Crippen molar-refractivity contribution in [3.8, 4) is 22.3 Å². The number of amides is 1. The summed E-state index contributed by atoms with van der Waals surface area (Å²) in [4.78, 5) is 24.2. The average molecular weight is 565 g/mol. The van der Waals surface area contributed by atoms with Crippen molar-refractivity contribution in [2.75, 3.05) is 31.1 Å². The summed E-state index contributed by atoms with van der Waals surface area (Å²) in [5.41, 5.74) is 7.00.